The number of nitro groups is 1. The van der Waals surface area contributed by atoms with Crippen molar-refractivity contribution in [1.29, 1.82) is 0 Å². The average Bonchev–Trinajstić information content (AvgIpc) is 2.99. The van der Waals surface area contributed by atoms with E-state index in [1.165, 1.54) is 23.0 Å². The highest BCUT2D eigenvalue weighted by atomic mass is 16.6. The molecule has 0 bridgehead atoms. The number of non-ortho nitro benzene ring substituents is 1. The van der Waals surface area contributed by atoms with E-state index in [2.05, 4.69) is 4.98 Å². The summed E-state index contributed by atoms with van der Waals surface area (Å²) in [5.74, 6) is 0.0196. The fraction of sp³-hybridized carbons (Fsp3) is 0.375. The average molecular weight is 301 g/mol. The second-order valence-electron chi connectivity index (χ2n) is 6.13. The molecule has 1 aromatic heterocycles. The Morgan fingerprint density at radius 3 is 2.55 bits per heavy atom. The van der Waals surface area contributed by atoms with Crippen molar-refractivity contribution in [1.82, 2.24) is 9.55 Å². The molecule has 116 valence electrons. The van der Waals surface area contributed by atoms with E-state index in [-0.39, 0.29) is 17.0 Å². The van der Waals surface area contributed by atoms with Gasteiger partial charge in [-0.1, -0.05) is 26.0 Å². The van der Waals surface area contributed by atoms with E-state index in [1.807, 2.05) is 13.8 Å². The summed E-state index contributed by atoms with van der Waals surface area (Å²) in [6, 6.07) is 6.57. The van der Waals surface area contributed by atoms with Crippen LogP contribution in [0, 0.1) is 15.5 Å². The zero-order chi connectivity index (χ0) is 16.2. The quantitative estimate of drug-likeness (QED) is 0.604. The van der Waals surface area contributed by atoms with Crippen molar-refractivity contribution in [2.45, 2.75) is 33.1 Å². The van der Waals surface area contributed by atoms with Crippen molar-refractivity contribution in [2.75, 3.05) is 0 Å². The molecule has 0 aliphatic rings. The van der Waals surface area contributed by atoms with Gasteiger partial charge in [-0.3, -0.25) is 19.5 Å². The minimum Gasteiger partial charge on any atom is -0.276 e. The van der Waals surface area contributed by atoms with E-state index in [4.69, 9.17) is 0 Å². The first-order valence-corrected chi connectivity index (χ1v) is 7.12. The highest BCUT2D eigenvalue weighted by Gasteiger charge is 2.22. The van der Waals surface area contributed by atoms with Gasteiger partial charge >= 0.3 is 0 Å². The number of hydrogen-bond acceptors (Lipinski definition) is 4. The fourth-order valence-electron chi connectivity index (χ4n) is 2.26. The highest BCUT2D eigenvalue weighted by Crippen LogP contribution is 2.28. The number of carbonyl (C=O) groups is 1. The molecule has 0 radical (unpaired) electrons. The smallest absolute Gasteiger partial charge is 0.269 e. The molecule has 2 rings (SSSR count). The predicted octanol–water partition coefficient (Wildman–Crippen LogP) is 3.48. The van der Waals surface area contributed by atoms with Gasteiger partial charge in [-0.2, -0.15) is 0 Å². The lowest BCUT2D eigenvalue weighted by Gasteiger charge is -2.23. The van der Waals surface area contributed by atoms with Crippen LogP contribution >= 0.6 is 0 Å². The SMILES string of the molecule is CC(C)(CCc1ccc([N+](=O)[O-])cc1)CC(=O)n1ccnc1. The number of aromatic nitrogens is 2. The minimum atomic E-state index is -0.405. The number of benzene rings is 1. The Labute approximate surface area is 128 Å². The van der Waals surface area contributed by atoms with Crippen LogP contribution in [0.3, 0.4) is 0 Å². The molecule has 6 nitrogen and oxygen atoms in total. The van der Waals surface area contributed by atoms with Crippen LogP contribution in [0.25, 0.3) is 0 Å². The Kier molecular flexibility index (Phi) is 4.70. The Hall–Kier alpha value is -2.50. The van der Waals surface area contributed by atoms with Gasteiger partial charge in [0, 0.05) is 30.9 Å². The van der Waals surface area contributed by atoms with Gasteiger partial charge in [0.1, 0.15) is 6.33 Å². The van der Waals surface area contributed by atoms with Crippen LogP contribution < -0.4 is 0 Å². The molecule has 1 heterocycles. The maximum Gasteiger partial charge on any atom is 0.269 e. The fourth-order valence-corrected chi connectivity index (χ4v) is 2.26. The minimum absolute atomic E-state index is 0.0196. The van der Waals surface area contributed by atoms with Crippen molar-refractivity contribution in [2.24, 2.45) is 5.41 Å². The van der Waals surface area contributed by atoms with Crippen molar-refractivity contribution < 1.29 is 9.72 Å². The molecule has 2 aromatic rings. The predicted molar refractivity (Wildman–Crippen MR) is 82.7 cm³/mol. The number of nitrogens with zero attached hydrogens (tertiary/aromatic N) is 3. The number of aryl methyl sites for hydroxylation is 1. The standard InChI is InChI=1S/C16H19N3O3/c1-16(2,11-15(20)18-10-9-17-12-18)8-7-13-3-5-14(6-4-13)19(21)22/h3-6,9-10,12H,7-8,11H2,1-2H3. The topological polar surface area (TPSA) is 78.0 Å². The molecular weight excluding hydrogens is 282 g/mol. The first-order valence-electron chi connectivity index (χ1n) is 7.12. The largest absolute Gasteiger partial charge is 0.276 e. The molecule has 0 saturated heterocycles. The van der Waals surface area contributed by atoms with Gasteiger partial charge in [0.25, 0.3) is 5.69 Å². The third-order valence-corrected chi connectivity index (χ3v) is 3.66. The molecule has 0 N–H and O–H groups in total. The van der Waals surface area contributed by atoms with Gasteiger partial charge in [0.05, 0.1) is 4.92 Å². The number of nitro benzene ring substituents is 1. The normalized spacial score (nSPS) is 11.4. The number of carbonyl (C=O) groups excluding carboxylic acids is 1. The Morgan fingerprint density at radius 1 is 1.32 bits per heavy atom. The summed E-state index contributed by atoms with van der Waals surface area (Å²) in [4.78, 5) is 26.2. The van der Waals surface area contributed by atoms with Crippen LogP contribution in [-0.2, 0) is 6.42 Å². The molecule has 0 aliphatic heterocycles. The van der Waals surface area contributed by atoms with E-state index in [1.54, 1.807) is 24.5 Å². The second kappa shape index (κ2) is 6.51. The molecule has 0 aliphatic carbocycles. The van der Waals surface area contributed by atoms with E-state index < -0.39 is 4.92 Å². The van der Waals surface area contributed by atoms with Gasteiger partial charge in [-0.25, -0.2) is 4.98 Å². The van der Waals surface area contributed by atoms with Gasteiger partial charge < -0.3 is 0 Å². The molecule has 1 aromatic carbocycles. The Bertz CT molecular complexity index is 646. The van der Waals surface area contributed by atoms with Crippen molar-refractivity contribution in [3.8, 4) is 0 Å². The van der Waals surface area contributed by atoms with Crippen LogP contribution in [0.4, 0.5) is 5.69 Å². The second-order valence-corrected chi connectivity index (χ2v) is 6.13. The molecule has 22 heavy (non-hydrogen) atoms. The van der Waals surface area contributed by atoms with Crippen LogP contribution in [0.5, 0.6) is 0 Å². The summed E-state index contributed by atoms with van der Waals surface area (Å²) in [5, 5.41) is 10.6. The lowest BCUT2D eigenvalue weighted by atomic mass is 9.83. The van der Waals surface area contributed by atoms with Gasteiger partial charge in [0.15, 0.2) is 0 Å². The van der Waals surface area contributed by atoms with E-state index >= 15 is 0 Å². The monoisotopic (exact) mass is 301 g/mol. The molecule has 0 atom stereocenters. The zero-order valence-electron chi connectivity index (χ0n) is 12.7. The van der Waals surface area contributed by atoms with Crippen molar-refractivity contribution in [3.05, 3.63) is 58.7 Å². The van der Waals surface area contributed by atoms with Crippen molar-refractivity contribution >= 4 is 11.6 Å². The third kappa shape index (κ3) is 4.25. The van der Waals surface area contributed by atoms with Crippen molar-refractivity contribution in [3.63, 3.8) is 0 Å². The Morgan fingerprint density at radius 2 is 2.00 bits per heavy atom. The maximum absolute atomic E-state index is 12.1. The third-order valence-electron chi connectivity index (χ3n) is 3.66. The summed E-state index contributed by atoms with van der Waals surface area (Å²) >= 11 is 0. The summed E-state index contributed by atoms with van der Waals surface area (Å²) in [5.41, 5.74) is 0.982. The van der Waals surface area contributed by atoms with E-state index in [0.29, 0.717) is 6.42 Å². The lowest BCUT2D eigenvalue weighted by Crippen LogP contribution is -2.21. The van der Waals surface area contributed by atoms with Crippen LogP contribution in [-0.4, -0.2) is 20.4 Å². The summed E-state index contributed by atoms with van der Waals surface area (Å²) in [6.07, 6.45) is 6.77. The molecule has 0 fully saturated rings. The summed E-state index contributed by atoms with van der Waals surface area (Å²) < 4.78 is 1.49. The van der Waals surface area contributed by atoms with Crippen LogP contribution in [0.1, 0.15) is 37.0 Å². The molecule has 0 unspecified atom stereocenters. The van der Waals surface area contributed by atoms with E-state index in [0.717, 1.165) is 18.4 Å². The number of imidazole rings is 1. The first-order chi connectivity index (χ1) is 10.4. The molecule has 6 heteroatoms. The zero-order valence-corrected chi connectivity index (χ0v) is 12.7. The summed E-state index contributed by atoms with van der Waals surface area (Å²) in [7, 11) is 0. The maximum atomic E-state index is 12.1. The molecule has 0 amide bonds. The lowest BCUT2D eigenvalue weighted by molar-refractivity contribution is -0.384. The molecule has 0 spiro atoms. The molecule has 0 saturated carbocycles. The van der Waals surface area contributed by atoms with Gasteiger partial charge in [-0.15, -0.1) is 0 Å². The number of rotatable bonds is 6. The van der Waals surface area contributed by atoms with Crippen LogP contribution in [0.2, 0.25) is 0 Å². The molecular formula is C16H19N3O3. The van der Waals surface area contributed by atoms with Crippen LogP contribution in [0.15, 0.2) is 43.0 Å². The number of hydrogen-bond donors (Lipinski definition) is 0. The summed E-state index contributed by atoms with van der Waals surface area (Å²) in [6.45, 7) is 4.10. The van der Waals surface area contributed by atoms with Gasteiger partial charge in [0.2, 0.25) is 5.91 Å². The first kappa shape index (κ1) is 15.9. The van der Waals surface area contributed by atoms with E-state index in [9.17, 15) is 14.9 Å². The van der Waals surface area contributed by atoms with Gasteiger partial charge in [-0.05, 0) is 23.8 Å². The highest BCUT2D eigenvalue weighted by molar-refractivity contribution is 5.79. The Balaban J connectivity index is 1.91.